The van der Waals surface area contributed by atoms with E-state index in [-0.39, 0.29) is 37.0 Å². The van der Waals surface area contributed by atoms with Gasteiger partial charge in [0.25, 0.3) is 5.91 Å². The first kappa shape index (κ1) is 20.1. The Morgan fingerprint density at radius 1 is 1.00 bits per heavy atom. The van der Waals surface area contributed by atoms with Crippen molar-refractivity contribution in [2.24, 2.45) is 7.05 Å². The second-order valence-electron chi connectivity index (χ2n) is 6.59. The summed E-state index contributed by atoms with van der Waals surface area (Å²) in [5.74, 6) is -0.905. The molecule has 1 aromatic heterocycles. The second kappa shape index (κ2) is 8.15. The van der Waals surface area contributed by atoms with Gasteiger partial charge in [-0.25, -0.2) is 13.2 Å². The van der Waals surface area contributed by atoms with E-state index >= 15 is 0 Å². The van der Waals surface area contributed by atoms with Crippen molar-refractivity contribution < 1.29 is 22.7 Å². The molecule has 1 aliphatic heterocycles. The van der Waals surface area contributed by atoms with Crippen LogP contribution in [0.5, 0.6) is 0 Å². The number of hydrogen-bond acceptors (Lipinski definition) is 5. The lowest BCUT2D eigenvalue weighted by atomic mass is 10.3. The van der Waals surface area contributed by atoms with Crippen LogP contribution in [0.2, 0.25) is 0 Å². The number of carbonyl (C=O) groups is 2. The minimum Gasteiger partial charge on any atom is -0.448 e. The molecule has 2 heterocycles. The highest BCUT2D eigenvalue weighted by Gasteiger charge is 2.32. The van der Waals surface area contributed by atoms with E-state index in [1.165, 1.54) is 16.1 Å². The van der Waals surface area contributed by atoms with Gasteiger partial charge >= 0.3 is 5.97 Å². The number of aromatic nitrogens is 1. The fraction of sp³-hybridized carbons (Fsp3) is 0.368. The van der Waals surface area contributed by atoms with Gasteiger partial charge < -0.3 is 14.2 Å². The van der Waals surface area contributed by atoms with E-state index in [1.54, 1.807) is 60.3 Å². The summed E-state index contributed by atoms with van der Waals surface area (Å²) in [6.45, 7) is 2.41. The number of amides is 1. The summed E-state index contributed by atoms with van der Waals surface area (Å²) < 4.78 is 33.6. The average molecular weight is 405 g/mol. The number of aryl methyl sites for hydroxylation is 1. The molecule has 0 saturated carbocycles. The molecule has 1 fully saturated rings. The second-order valence-corrected chi connectivity index (χ2v) is 8.53. The Bertz CT molecular complexity index is 947. The van der Waals surface area contributed by atoms with Crippen molar-refractivity contribution in [3.63, 3.8) is 0 Å². The molecule has 0 spiro atoms. The minimum atomic E-state index is -3.58. The third-order valence-electron chi connectivity index (χ3n) is 4.72. The molecule has 28 heavy (non-hydrogen) atoms. The van der Waals surface area contributed by atoms with Gasteiger partial charge in [0.1, 0.15) is 5.69 Å². The third-order valence-corrected chi connectivity index (χ3v) is 6.63. The normalized spacial score (nSPS) is 16.6. The number of nitrogens with zero attached hydrogens (tertiary/aromatic N) is 3. The smallest absolute Gasteiger partial charge is 0.355 e. The molecular weight excluding hydrogens is 382 g/mol. The maximum absolute atomic E-state index is 12.7. The quantitative estimate of drug-likeness (QED) is 0.695. The van der Waals surface area contributed by atoms with Crippen LogP contribution in [0.25, 0.3) is 0 Å². The molecule has 1 atom stereocenters. The van der Waals surface area contributed by atoms with Crippen LogP contribution in [0.4, 0.5) is 0 Å². The van der Waals surface area contributed by atoms with E-state index in [0.717, 1.165) is 0 Å². The molecule has 0 N–H and O–H groups in total. The van der Waals surface area contributed by atoms with Crippen LogP contribution in [0.3, 0.4) is 0 Å². The van der Waals surface area contributed by atoms with Crippen molar-refractivity contribution in [3.05, 3.63) is 54.4 Å². The highest BCUT2D eigenvalue weighted by Crippen LogP contribution is 2.18. The summed E-state index contributed by atoms with van der Waals surface area (Å²) >= 11 is 0. The van der Waals surface area contributed by atoms with Gasteiger partial charge in [0.15, 0.2) is 6.10 Å². The summed E-state index contributed by atoms with van der Waals surface area (Å²) in [5, 5.41) is 0. The number of sulfonamides is 1. The molecular formula is C19H23N3O5S. The lowest BCUT2D eigenvalue weighted by Crippen LogP contribution is -2.52. The summed E-state index contributed by atoms with van der Waals surface area (Å²) in [5.41, 5.74) is 0.360. The third kappa shape index (κ3) is 4.10. The monoisotopic (exact) mass is 405 g/mol. The van der Waals surface area contributed by atoms with E-state index in [9.17, 15) is 18.0 Å². The van der Waals surface area contributed by atoms with Crippen molar-refractivity contribution >= 4 is 21.9 Å². The molecule has 1 aromatic carbocycles. The van der Waals surface area contributed by atoms with Gasteiger partial charge in [0, 0.05) is 39.4 Å². The van der Waals surface area contributed by atoms with E-state index < -0.39 is 22.1 Å². The maximum atomic E-state index is 12.7. The Morgan fingerprint density at radius 3 is 2.21 bits per heavy atom. The summed E-state index contributed by atoms with van der Waals surface area (Å²) in [4.78, 5) is 26.5. The molecule has 8 nitrogen and oxygen atoms in total. The standard InChI is InChI=1S/C19H23N3O5S/c1-15(27-19(24)17-9-6-10-20(17)2)18(23)21-11-13-22(14-12-21)28(25,26)16-7-4-3-5-8-16/h3-10,15H,11-14H2,1-2H3/t15-/m1/s1. The lowest BCUT2D eigenvalue weighted by molar-refractivity contribution is -0.141. The summed E-state index contributed by atoms with van der Waals surface area (Å²) in [6.07, 6.45) is 0.773. The number of ether oxygens (including phenoxy) is 1. The van der Waals surface area contributed by atoms with E-state index in [4.69, 9.17) is 4.74 Å². The van der Waals surface area contributed by atoms with Gasteiger partial charge in [0.2, 0.25) is 10.0 Å². The zero-order chi connectivity index (χ0) is 20.3. The molecule has 0 aliphatic carbocycles. The van der Waals surface area contributed by atoms with Crippen LogP contribution < -0.4 is 0 Å². The molecule has 0 unspecified atom stereocenters. The van der Waals surface area contributed by atoms with Crippen molar-refractivity contribution in [1.29, 1.82) is 0 Å². The number of esters is 1. The SMILES string of the molecule is C[C@@H](OC(=O)c1cccn1C)C(=O)N1CCN(S(=O)(=O)c2ccccc2)CC1. The fourth-order valence-electron chi connectivity index (χ4n) is 3.09. The first-order valence-electron chi connectivity index (χ1n) is 8.97. The van der Waals surface area contributed by atoms with E-state index in [2.05, 4.69) is 0 Å². The maximum Gasteiger partial charge on any atom is 0.355 e. The van der Waals surface area contributed by atoms with Gasteiger partial charge in [-0.3, -0.25) is 4.79 Å². The minimum absolute atomic E-state index is 0.196. The molecule has 0 radical (unpaired) electrons. The Morgan fingerprint density at radius 2 is 1.64 bits per heavy atom. The summed E-state index contributed by atoms with van der Waals surface area (Å²) in [6, 6.07) is 11.6. The van der Waals surface area contributed by atoms with Crippen molar-refractivity contribution in [2.75, 3.05) is 26.2 Å². The zero-order valence-corrected chi connectivity index (χ0v) is 16.6. The Labute approximate surface area is 164 Å². The molecule has 0 bridgehead atoms. The zero-order valence-electron chi connectivity index (χ0n) is 15.8. The predicted octanol–water partition coefficient (Wildman–Crippen LogP) is 1.10. The molecule has 9 heteroatoms. The first-order chi connectivity index (χ1) is 13.3. The van der Waals surface area contributed by atoms with Crippen molar-refractivity contribution in [2.45, 2.75) is 17.9 Å². The molecule has 1 aliphatic rings. The molecule has 1 amide bonds. The number of rotatable bonds is 5. The van der Waals surface area contributed by atoms with Gasteiger partial charge in [0.05, 0.1) is 4.90 Å². The largest absolute Gasteiger partial charge is 0.448 e. The van der Waals surface area contributed by atoms with Crippen LogP contribution >= 0.6 is 0 Å². The molecule has 1 saturated heterocycles. The number of piperazine rings is 1. The Hall–Kier alpha value is -2.65. The van der Waals surface area contributed by atoms with Gasteiger partial charge in [-0.1, -0.05) is 18.2 Å². The van der Waals surface area contributed by atoms with Gasteiger partial charge in [-0.05, 0) is 31.2 Å². The first-order valence-corrected chi connectivity index (χ1v) is 10.4. The van der Waals surface area contributed by atoms with Crippen LogP contribution in [0.15, 0.2) is 53.6 Å². The number of carbonyl (C=O) groups excluding carboxylic acids is 2. The van der Waals surface area contributed by atoms with Crippen LogP contribution in [-0.2, 0) is 26.6 Å². The lowest BCUT2D eigenvalue weighted by Gasteiger charge is -2.35. The molecule has 2 aromatic rings. The van der Waals surface area contributed by atoms with E-state index in [1.807, 2.05) is 0 Å². The van der Waals surface area contributed by atoms with Crippen molar-refractivity contribution in [3.8, 4) is 0 Å². The highest BCUT2D eigenvalue weighted by molar-refractivity contribution is 7.89. The van der Waals surface area contributed by atoms with Gasteiger partial charge in [-0.15, -0.1) is 0 Å². The average Bonchev–Trinajstić information content (AvgIpc) is 3.14. The molecule has 3 rings (SSSR count). The van der Waals surface area contributed by atoms with E-state index in [0.29, 0.717) is 5.69 Å². The topological polar surface area (TPSA) is 88.9 Å². The molecule has 150 valence electrons. The fourth-order valence-corrected chi connectivity index (χ4v) is 4.54. The number of hydrogen-bond donors (Lipinski definition) is 0. The van der Waals surface area contributed by atoms with Crippen LogP contribution in [0, 0.1) is 0 Å². The van der Waals surface area contributed by atoms with Crippen molar-refractivity contribution in [1.82, 2.24) is 13.8 Å². The summed E-state index contributed by atoms with van der Waals surface area (Å²) in [7, 11) is -1.86. The highest BCUT2D eigenvalue weighted by atomic mass is 32.2. The Balaban J connectivity index is 1.58. The number of benzene rings is 1. The van der Waals surface area contributed by atoms with Crippen LogP contribution in [-0.4, -0.2) is 66.3 Å². The predicted molar refractivity (Wildman–Crippen MR) is 102 cm³/mol. The Kier molecular flexibility index (Phi) is 5.85. The van der Waals surface area contributed by atoms with Gasteiger partial charge in [-0.2, -0.15) is 4.31 Å². The van der Waals surface area contributed by atoms with Crippen LogP contribution in [0.1, 0.15) is 17.4 Å².